The maximum atomic E-state index is 9.23. The number of aliphatic hydroxyl groups is 1. The number of nitrogens with two attached hydrogens (primary N) is 1. The molecule has 0 aliphatic carbocycles. The van der Waals surface area contributed by atoms with Crippen LogP contribution in [0.3, 0.4) is 0 Å². The van der Waals surface area contributed by atoms with Gasteiger partial charge in [-0.05, 0) is 26.3 Å². The van der Waals surface area contributed by atoms with E-state index in [-0.39, 0.29) is 0 Å². The second-order valence-corrected chi connectivity index (χ2v) is 3.82. The molecule has 84 valence electrons. The van der Waals surface area contributed by atoms with Crippen molar-refractivity contribution in [2.75, 3.05) is 6.61 Å². The summed E-state index contributed by atoms with van der Waals surface area (Å²) in [6.45, 7) is 6.10. The molecule has 2 unspecified atom stereocenters. The molecule has 0 aromatic heterocycles. The van der Waals surface area contributed by atoms with E-state index < -0.39 is 12.0 Å². The lowest BCUT2D eigenvalue weighted by Gasteiger charge is -2.20. The Labute approximate surface area is 90.9 Å². The van der Waals surface area contributed by atoms with E-state index in [4.69, 9.17) is 10.5 Å². The average Bonchev–Trinajstić information content (AvgIpc) is 2.03. The summed E-state index contributed by atoms with van der Waals surface area (Å²) in [6.07, 6.45) is 1.51. The highest BCUT2D eigenvalue weighted by Gasteiger charge is 2.13. The monoisotopic (exact) mass is 220 g/mol. The minimum absolute atomic E-state index is 0.421. The summed E-state index contributed by atoms with van der Waals surface area (Å²) in [4.78, 5) is 0. The molecule has 5 heteroatoms. The van der Waals surface area contributed by atoms with Crippen LogP contribution in [0.1, 0.15) is 27.2 Å². The van der Waals surface area contributed by atoms with E-state index in [1.807, 2.05) is 13.8 Å². The van der Waals surface area contributed by atoms with E-state index in [0.29, 0.717) is 11.6 Å². The number of nitrogens with one attached hydrogen (secondary N) is 1. The van der Waals surface area contributed by atoms with E-state index in [1.165, 1.54) is 0 Å². The predicted octanol–water partition coefficient (Wildman–Crippen LogP) is 0.787. The van der Waals surface area contributed by atoms with Gasteiger partial charge in [0.05, 0.1) is 5.03 Å². The Balaban J connectivity index is 4.12. The van der Waals surface area contributed by atoms with Crippen LogP contribution in [0, 0.1) is 0 Å². The van der Waals surface area contributed by atoms with Gasteiger partial charge in [0, 0.05) is 12.1 Å². The van der Waals surface area contributed by atoms with Crippen molar-refractivity contribution >= 4 is 12.6 Å². The molecule has 14 heavy (non-hydrogen) atoms. The number of hydrogen-bond donors (Lipinski definition) is 4. The zero-order valence-corrected chi connectivity index (χ0v) is 9.84. The molecule has 4 nitrogen and oxygen atoms in total. The minimum Gasteiger partial charge on any atom is -0.351 e. The van der Waals surface area contributed by atoms with Crippen LogP contribution >= 0.6 is 12.6 Å². The molecule has 0 aliphatic rings. The number of thiol groups is 1. The average molecular weight is 220 g/mol. The first-order valence-corrected chi connectivity index (χ1v) is 5.13. The van der Waals surface area contributed by atoms with Gasteiger partial charge in [-0.25, -0.2) is 0 Å². The summed E-state index contributed by atoms with van der Waals surface area (Å²) in [5.74, 6) is 0. The Morgan fingerprint density at radius 2 is 2.29 bits per heavy atom. The highest BCUT2D eigenvalue weighted by atomic mass is 32.1. The molecule has 0 heterocycles. The number of rotatable bonds is 6. The van der Waals surface area contributed by atoms with Crippen LogP contribution in [0.2, 0.25) is 0 Å². The summed E-state index contributed by atoms with van der Waals surface area (Å²) in [5, 5.41) is 12.4. The summed E-state index contributed by atoms with van der Waals surface area (Å²) in [7, 11) is 0. The van der Waals surface area contributed by atoms with Gasteiger partial charge in [-0.2, -0.15) is 0 Å². The molecule has 0 aliphatic heterocycles. The van der Waals surface area contributed by atoms with Crippen LogP contribution in [0.25, 0.3) is 0 Å². The van der Waals surface area contributed by atoms with Crippen molar-refractivity contribution in [2.24, 2.45) is 5.73 Å². The number of hydrogen-bond acceptors (Lipinski definition) is 5. The molecule has 0 bridgehead atoms. The first kappa shape index (κ1) is 13.8. The third-order valence-corrected chi connectivity index (χ3v) is 2.08. The highest BCUT2D eigenvalue weighted by Crippen LogP contribution is 2.11. The summed E-state index contributed by atoms with van der Waals surface area (Å²) < 4.78 is 4.87. The van der Waals surface area contributed by atoms with E-state index in [9.17, 15) is 5.11 Å². The van der Waals surface area contributed by atoms with Gasteiger partial charge in [0.25, 0.3) is 0 Å². The van der Waals surface area contributed by atoms with Crippen LogP contribution < -0.4 is 11.1 Å². The summed E-state index contributed by atoms with van der Waals surface area (Å²) in [5.41, 5.74) is 5.46. The lowest BCUT2D eigenvalue weighted by Crippen LogP contribution is -2.36. The van der Waals surface area contributed by atoms with Crippen molar-refractivity contribution in [3.05, 3.63) is 11.1 Å². The Morgan fingerprint density at radius 1 is 1.71 bits per heavy atom. The first-order valence-electron chi connectivity index (χ1n) is 4.68. The third kappa shape index (κ3) is 6.26. The second kappa shape index (κ2) is 6.29. The Bertz CT molecular complexity index is 195. The fourth-order valence-electron chi connectivity index (χ4n) is 0.782. The van der Waals surface area contributed by atoms with Crippen LogP contribution in [-0.4, -0.2) is 23.7 Å². The fourth-order valence-corrected chi connectivity index (χ4v) is 1.19. The summed E-state index contributed by atoms with van der Waals surface area (Å²) >= 11 is 4.14. The van der Waals surface area contributed by atoms with Crippen molar-refractivity contribution in [3.8, 4) is 0 Å². The van der Waals surface area contributed by atoms with Gasteiger partial charge in [0.15, 0.2) is 0 Å². The topological polar surface area (TPSA) is 67.5 Å². The largest absolute Gasteiger partial charge is 0.351 e. The Morgan fingerprint density at radius 3 is 2.71 bits per heavy atom. The molecule has 4 N–H and O–H groups in total. The van der Waals surface area contributed by atoms with Crippen molar-refractivity contribution in [1.82, 2.24) is 5.32 Å². The number of aliphatic hydroxyl groups excluding tert-OH is 1. The minimum atomic E-state index is -1.03. The van der Waals surface area contributed by atoms with Crippen molar-refractivity contribution in [1.29, 1.82) is 0 Å². The molecule has 0 spiro atoms. The zero-order valence-electron chi connectivity index (χ0n) is 8.95. The molecule has 0 rings (SSSR count). The maximum Gasteiger partial charge on any atom is 0.235 e. The quantitative estimate of drug-likeness (QED) is 0.394. The van der Waals surface area contributed by atoms with Crippen LogP contribution in [0.4, 0.5) is 0 Å². The number of ether oxygens (including phenoxy) is 1. The van der Waals surface area contributed by atoms with Crippen molar-refractivity contribution < 1.29 is 9.84 Å². The van der Waals surface area contributed by atoms with Crippen molar-refractivity contribution in [2.45, 2.75) is 39.1 Å². The molecule has 0 saturated carbocycles. The molecular weight excluding hydrogens is 200 g/mol. The van der Waals surface area contributed by atoms with Gasteiger partial charge in [-0.1, -0.05) is 6.92 Å². The van der Waals surface area contributed by atoms with E-state index in [1.54, 1.807) is 13.0 Å². The second-order valence-electron chi connectivity index (χ2n) is 3.34. The van der Waals surface area contributed by atoms with Crippen LogP contribution in [0.15, 0.2) is 11.1 Å². The molecule has 0 aromatic rings. The zero-order chi connectivity index (χ0) is 11.2. The highest BCUT2D eigenvalue weighted by molar-refractivity contribution is 7.84. The predicted molar refractivity (Wildman–Crippen MR) is 60.7 cm³/mol. The normalized spacial score (nSPS) is 18.9. The lowest BCUT2D eigenvalue weighted by atomic mass is 10.0. The standard InChI is InChI=1S/C9H20N2O2S/c1-4-9(3,10)6-7(14)11-8(12)13-5-2/h6,8,11-12,14H,4-5,10H2,1-3H3/b7-6-. The van der Waals surface area contributed by atoms with Crippen molar-refractivity contribution in [3.63, 3.8) is 0 Å². The van der Waals surface area contributed by atoms with Gasteiger partial charge in [0.2, 0.25) is 6.41 Å². The molecule has 0 aromatic carbocycles. The van der Waals surface area contributed by atoms with Crippen LogP contribution in [0.5, 0.6) is 0 Å². The maximum absolute atomic E-state index is 9.23. The first-order chi connectivity index (χ1) is 6.41. The molecule has 0 fully saturated rings. The Hall–Kier alpha value is -0.230. The van der Waals surface area contributed by atoms with E-state index >= 15 is 0 Å². The van der Waals surface area contributed by atoms with Crippen LogP contribution in [-0.2, 0) is 4.74 Å². The molecule has 0 amide bonds. The van der Waals surface area contributed by atoms with Gasteiger partial charge in [0.1, 0.15) is 0 Å². The summed E-state index contributed by atoms with van der Waals surface area (Å²) in [6, 6.07) is 0. The van der Waals surface area contributed by atoms with Gasteiger partial charge in [-0.3, -0.25) is 0 Å². The smallest absolute Gasteiger partial charge is 0.235 e. The molecular formula is C9H20N2O2S. The lowest BCUT2D eigenvalue weighted by molar-refractivity contribution is -0.108. The van der Waals surface area contributed by atoms with Gasteiger partial charge < -0.3 is 20.9 Å². The molecule has 2 atom stereocenters. The van der Waals surface area contributed by atoms with Gasteiger partial charge >= 0.3 is 0 Å². The third-order valence-electron chi connectivity index (χ3n) is 1.82. The Kier molecular flexibility index (Phi) is 6.19. The fraction of sp³-hybridized carbons (Fsp3) is 0.778. The SMILES string of the molecule is CCOC(O)N/C(S)=C/C(C)(N)CC. The van der Waals surface area contributed by atoms with E-state index in [2.05, 4.69) is 17.9 Å². The van der Waals surface area contributed by atoms with Gasteiger partial charge in [-0.15, -0.1) is 12.6 Å². The molecule has 0 radical (unpaired) electrons. The molecule has 0 saturated heterocycles. The van der Waals surface area contributed by atoms with E-state index in [0.717, 1.165) is 6.42 Å².